The van der Waals surface area contributed by atoms with Crippen LogP contribution in [0, 0.1) is 5.92 Å². The fraction of sp³-hybridized carbons (Fsp3) is 0.619. The Morgan fingerprint density at radius 3 is 2.67 bits per heavy atom. The number of hydrogen-bond donors (Lipinski definition) is 1. The number of nitrogens with one attached hydrogen (secondary N) is 1. The molecule has 6 nitrogen and oxygen atoms in total. The van der Waals surface area contributed by atoms with Crippen molar-refractivity contribution in [2.45, 2.75) is 38.0 Å². The molecule has 1 N–H and O–H groups in total. The highest BCUT2D eigenvalue weighted by Gasteiger charge is 2.44. The van der Waals surface area contributed by atoms with E-state index < -0.39 is 0 Å². The van der Waals surface area contributed by atoms with Crippen molar-refractivity contribution in [1.29, 1.82) is 0 Å². The van der Waals surface area contributed by atoms with E-state index in [-0.39, 0.29) is 17.3 Å². The molecule has 2 aliphatic rings. The van der Waals surface area contributed by atoms with Gasteiger partial charge >= 0.3 is 5.97 Å². The number of esters is 1. The van der Waals surface area contributed by atoms with Crippen molar-refractivity contribution in [1.82, 2.24) is 10.2 Å². The predicted molar refractivity (Wildman–Crippen MR) is 106 cm³/mol. The van der Waals surface area contributed by atoms with Crippen LogP contribution in [0.3, 0.4) is 0 Å². The van der Waals surface area contributed by atoms with Crippen LogP contribution in [0.5, 0.6) is 5.75 Å². The van der Waals surface area contributed by atoms with Gasteiger partial charge in [-0.15, -0.1) is 0 Å². The average Bonchev–Trinajstić information content (AvgIpc) is 3.50. The van der Waals surface area contributed by atoms with Crippen LogP contribution in [-0.4, -0.2) is 57.2 Å². The first-order chi connectivity index (χ1) is 13.1. The van der Waals surface area contributed by atoms with Crippen LogP contribution in [0.15, 0.2) is 29.3 Å². The van der Waals surface area contributed by atoms with E-state index >= 15 is 0 Å². The van der Waals surface area contributed by atoms with Crippen molar-refractivity contribution < 1.29 is 14.3 Å². The van der Waals surface area contributed by atoms with Crippen LogP contribution in [0.25, 0.3) is 0 Å². The van der Waals surface area contributed by atoms with Gasteiger partial charge < -0.3 is 19.7 Å². The molecule has 0 aromatic heterocycles. The number of hydrogen-bond acceptors (Lipinski definition) is 4. The zero-order valence-electron chi connectivity index (χ0n) is 16.7. The smallest absolute Gasteiger partial charge is 0.310 e. The summed E-state index contributed by atoms with van der Waals surface area (Å²) in [7, 11) is 3.50. The summed E-state index contributed by atoms with van der Waals surface area (Å²) in [5.41, 5.74) is 1.52. The Bertz CT molecular complexity index is 668. The number of carbonyl (C=O) groups excluding carboxylic acids is 1. The molecule has 1 saturated heterocycles. The van der Waals surface area contributed by atoms with Crippen LogP contribution in [0.2, 0.25) is 0 Å². The van der Waals surface area contributed by atoms with Gasteiger partial charge in [-0.3, -0.25) is 9.79 Å². The normalized spacial score (nSPS) is 21.5. The Balaban J connectivity index is 1.59. The lowest BCUT2D eigenvalue weighted by Gasteiger charge is -2.34. The second-order valence-corrected chi connectivity index (χ2v) is 7.45. The molecule has 3 rings (SSSR count). The third-order valence-electron chi connectivity index (χ3n) is 5.69. The molecule has 0 bridgehead atoms. The van der Waals surface area contributed by atoms with Crippen LogP contribution >= 0.6 is 0 Å². The van der Waals surface area contributed by atoms with Gasteiger partial charge in [-0.25, -0.2) is 0 Å². The summed E-state index contributed by atoms with van der Waals surface area (Å²) in [6.45, 7) is 4.74. The van der Waals surface area contributed by atoms with Gasteiger partial charge in [0, 0.05) is 32.1 Å². The molecular weight excluding hydrogens is 342 g/mol. The third-order valence-corrected chi connectivity index (χ3v) is 5.69. The minimum atomic E-state index is -0.0884. The number of ether oxygens (including phenoxy) is 2. The number of likely N-dealkylation sites (tertiary alicyclic amines) is 1. The Kier molecular flexibility index (Phi) is 6.24. The molecule has 1 aliphatic carbocycles. The molecule has 1 aromatic rings. The molecule has 1 aromatic carbocycles. The van der Waals surface area contributed by atoms with Gasteiger partial charge in [0.2, 0.25) is 0 Å². The quantitative estimate of drug-likeness (QED) is 0.472. The summed E-state index contributed by atoms with van der Waals surface area (Å²) in [6.07, 6.45) is 4.22. The van der Waals surface area contributed by atoms with Crippen molar-refractivity contribution in [3.05, 3.63) is 29.8 Å². The molecule has 148 valence electrons. The number of guanidine groups is 1. The van der Waals surface area contributed by atoms with Crippen molar-refractivity contribution in [2.24, 2.45) is 10.9 Å². The van der Waals surface area contributed by atoms with Crippen LogP contribution < -0.4 is 10.1 Å². The molecule has 1 heterocycles. The van der Waals surface area contributed by atoms with E-state index in [2.05, 4.69) is 27.3 Å². The topological polar surface area (TPSA) is 63.2 Å². The summed E-state index contributed by atoms with van der Waals surface area (Å²) in [5, 5.41) is 3.55. The number of carbonyl (C=O) groups is 1. The number of benzene rings is 1. The molecule has 1 atom stereocenters. The molecule has 0 spiro atoms. The number of aliphatic imine (C=N–C) groups is 1. The Morgan fingerprint density at radius 1 is 1.33 bits per heavy atom. The molecule has 1 aliphatic heterocycles. The highest BCUT2D eigenvalue weighted by atomic mass is 16.5. The van der Waals surface area contributed by atoms with Crippen molar-refractivity contribution in [2.75, 3.05) is 40.4 Å². The second kappa shape index (κ2) is 8.63. The second-order valence-electron chi connectivity index (χ2n) is 7.45. The zero-order valence-corrected chi connectivity index (χ0v) is 16.7. The summed E-state index contributed by atoms with van der Waals surface area (Å²) < 4.78 is 10.5. The van der Waals surface area contributed by atoms with Gasteiger partial charge in [0.05, 0.1) is 19.6 Å². The van der Waals surface area contributed by atoms with E-state index in [4.69, 9.17) is 9.47 Å². The molecule has 27 heavy (non-hydrogen) atoms. The monoisotopic (exact) mass is 373 g/mol. The number of methoxy groups -OCH3 is 1. The molecular formula is C21H31N3O3. The van der Waals surface area contributed by atoms with Gasteiger partial charge in [0.15, 0.2) is 5.96 Å². The molecule has 0 radical (unpaired) electrons. The first-order valence-electron chi connectivity index (χ1n) is 9.88. The van der Waals surface area contributed by atoms with E-state index in [1.54, 1.807) is 7.11 Å². The minimum absolute atomic E-state index is 0.0614. The van der Waals surface area contributed by atoms with E-state index in [0.29, 0.717) is 13.2 Å². The highest BCUT2D eigenvalue weighted by Crippen LogP contribution is 2.47. The lowest BCUT2D eigenvalue weighted by atomic mass is 9.95. The van der Waals surface area contributed by atoms with Crippen LogP contribution in [0.1, 0.15) is 38.2 Å². The largest absolute Gasteiger partial charge is 0.497 e. The fourth-order valence-electron chi connectivity index (χ4n) is 3.87. The Morgan fingerprint density at radius 2 is 2.07 bits per heavy atom. The lowest BCUT2D eigenvalue weighted by Crippen LogP contribution is -2.49. The van der Waals surface area contributed by atoms with E-state index in [0.717, 1.165) is 37.6 Å². The maximum atomic E-state index is 12.1. The SMILES string of the molecule is CCOC(=O)[C@@H]1CCCN(C(=NC)NCC2(c3ccc(OC)cc3)CC2)C1. The van der Waals surface area contributed by atoms with Gasteiger partial charge in [0.1, 0.15) is 5.75 Å². The van der Waals surface area contributed by atoms with Crippen molar-refractivity contribution in [3.8, 4) is 5.75 Å². The van der Waals surface area contributed by atoms with Crippen LogP contribution in [0.4, 0.5) is 0 Å². The van der Waals surface area contributed by atoms with Crippen molar-refractivity contribution in [3.63, 3.8) is 0 Å². The van der Waals surface area contributed by atoms with E-state index in [1.165, 1.54) is 18.4 Å². The lowest BCUT2D eigenvalue weighted by molar-refractivity contribution is -0.149. The predicted octanol–water partition coefficient (Wildman–Crippen LogP) is 2.58. The van der Waals surface area contributed by atoms with Gasteiger partial charge in [0.25, 0.3) is 0 Å². The fourth-order valence-corrected chi connectivity index (χ4v) is 3.87. The van der Waals surface area contributed by atoms with E-state index in [1.807, 2.05) is 26.1 Å². The minimum Gasteiger partial charge on any atom is -0.497 e. The Labute approximate surface area is 161 Å². The van der Waals surface area contributed by atoms with Gasteiger partial charge in [-0.2, -0.15) is 0 Å². The number of rotatable bonds is 6. The van der Waals surface area contributed by atoms with Crippen LogP contribution in [-0.2, 0) is 14.9 Å². The Hall–Kier alpha value is -2.24. The van der Waals surface area contributed by atoms with E-state index in [9.17, 15) is 4.79 Å². The average molecular weight is 373 g/mol. The molecule has 2 fully saturated rings. The zero-order chi connectivity index (χ0) is 19.3. The van der Waals surface area contributed by atoms with Crippen molar-refractivity contribution >= 4 is 11.9 Å². The number of nitrogens with zero attached hydrogens (tertiary/aromatic N) is 2. The first-order valence-corrected chi connectivity index (χ1v) is 9.88. The maximum Gasteiger partial charge on any atom is 0.310 e. The third kappa shape index (κ3) is 4.54. The summed E-state index contributed by atoms with van der Waals surface area (Å²) in [6, 6.07) is 8.37. The maximum absolute atomic E-state index is 12.1. The van der Waals surface area contributed by atoms with Gasteiger partial charge in [-0.05, 0) is 50.3 Å². The summed E-state index contributed by atoms with van der Waals surface area (Å²) in [5.74, 6) is 1.61. The number of piperidine rings is 1. The first kappa shape index (κ1) is 19.5. The molecule has 6 heteroatoms. The molecule has 0 unspecified atom stereocenters. The molecule has 0 amide bonds. The van der Waals surface area contributed by atoms with Gasteiger partial charge in [-0.1, -0.05) is 12.1 Å². The summed E-state index contributed by atoms with van der Waals surface area (Å²) in [4.78, 5) is 18.8. The standard InChI is InChI=1S/C21H31N3O3/c1-4-27-19(25)16-6-5-13-24(14-16)20(22-2)23-15-21(11-12-21)17-7-9-18(26-3)10-8-17/h7-10,16H,4-6,11-15H2,1-3H3,(H,22,23)/t16-/m1/s1. The molecule has 1 saturated carbocycles. The highest BCUT2D eigenvalue weighted by molar-refractivity contribution is 5.81. The summed E-state index contributed by atoms with van der Waals surface area (Å²) >= 11 is 0.